The Morgan fingerprint density at radius 1 is 1.33 bits per heavy atom. The van der Waals surface area contributed by atoms with Gasteiger partial charge < -0.3 is 9.73 Å². The maximum Gasteiger partial charge on any atom is 0.287 e. The van der Waals surface area contributed by atoms with Crippen molar-refractivity contribution in [1.29, 1.82) is 0 Å². The fourth-order valence-corrected chi connectivity index (χ4v) is 3.30. The third-order valence-electron chi connectivity index (χ3n) is 2.71. The minimum atomic E-state index is -3.70. The van der Waals surface area contributed by atoms with Gasteiger partial charge in [0.25, 0.3) is 15.9 Å². The van der Waals surface area contributed by atoms with Gasteiger partial charge in [0.1, 0.15) is 0 Å². The minimum Gasteiger partial charge on any atom is -0.438 e. The Morgan fingerprint density at radius 3 is 2.62 bits per heavy atom. The lowest BCUT2D eigenvalue weighted by atomic mass is 10.2. The Hall–Kier alpha value is -1.35. The number of halogens is 1. The van der Waals surface area contributed by atoms with Crippen LogP contribution in [0.25, 0.3) is 0 Å². The number of carbonyl (C=O) groups excluding carboxylic acids is 1. The normalized spacial score (nSPS) is 13.1. The van der Waals surface area contributed by atoms with E-state index < -0.39 is 15.9 Å². The van der Waals surface area contributed by atoms with E-state index in [4.69, 9.17) is 16.0 Å². The number of rotatable bonds is 5. The van der Waals surface area contributed by atoms with Gasteiger partial charge in [-0.15, -0.1) is 11.3 Å². The topological polar surface area (TPSA) is 88.4 Å². The molecule has 9 heteroatoms. The molecule has 0 radical (unpaired) electrons. The molecular formula is C12H13ClN2O4S2. The van der Waals surface area contributed by atoms with Gasteiger partial charge in [-0.3, -0.25) is 4.79 Å². The molecule has 2 heterocycles. The second-order valence-corrected chi connectivity index (χ2v) is 7.73. The van der Waals surface area contributed by atoms with Crippen molar-refractivity contribution >= 4 is 38.9 Å². The van der Waals surface area contributed by atoms with Gasteiger partial charge in [0.05, 0.1) is 10.4 Å². The maximum atomic E-state index is 12.0. The molecule has 0 aromatic carbocycles. The molecule has 0 saturated heterocycles. The SMILES string of the molecule is CNS(=O)(=O)c1ccc(C(=O)N[C@H](C)c2ccc(Cl)s2)o1. The number of sulfonamides is 1. The summed E-state index contributed by atoms with van der Waals surface area (Å²) in [6.07, 6.45) is 0. The van der Waals surface area contributed by atoms with Crippen LogP contribution in [0.3, 0.4) is 0 Å². The summed E-state index contributed by atoms with van der Waals surface area (Å²) in [6.45, 7) is 1.80. The zero-order valence-electron chi connectivity index (χ0n) is 11.2. The highest BCUT2D eigenvalue weighted by atomic mass is 35.5. The third kappa shape index (κ3) is 3.65. The molecule has 0 aliphatic carbocycles. The molecule has 0 bridgehead atoms. The van der Waals surface area contributed by atoms with Crippen LogP contribution in [-0.2, 0) is 10.0 Å². The van der Waals surface area contributed by atoms with Crippen LogP contribution in [0.4, 0.5) is 0 Å². The van der Waals surface area contributed by atoms with Crippen molar-refractivity contribution in [2.45, 2.75) is 18.1 Å². The number of hydrogen-bond acceptors (Lipinski definition) is 5. The Bertz CT molecular complexity index is 751. The monoisotopic (exact) mass is 348 g/mol. The molecule has 21 heavy (non-hydrogen) atoms. The third-order valence-corrected chi connectivity index (χ3v) is 5.41. The molecular weight excluding hydrogens is 336 g/mol. The summed E-state index contributed by atoms with van der Waals surface area (Å²) < 4.78 is 30.9. The molecule has 1 atom stereocenters. The lowest BCUT2D eigenvalue weighted by molar-refractivity contribution is 0.0907. The van der Waals surface area contributed by atoms with Crippen molar-refractivity contribution in [3.8, 4) is 0 Å². The number of nitrogens with one attached hydrogen (secondary N) is 2. The van der Waals surface area contributed by atoms with Crippen molar-refractivity contribution < 1.29 is 17.6 Å². The predicted octanol–water partition coefficient (Wildman–Crippen LogP) is 2.39. The smallest absolute Gasteiger partial charge is 0.287 e. The van der Waals surface area contributed by atoms with Gasteiger partial charge >= 0.3 is 0 Å². The molecule has 0 saturated carbocycles. The summed E-state index contributed by atoms with van der Waals surface area (Å²) in [6, 6.07) is 5.84. The van der Waals surface area contributed by atoms with Crippen molar-refractivity contribution in [3.05, 3.63) is 39.2 Å². The average molecular weight is 349 g/mol. The summed E-state index contributed by atoms with van der Waals surface area (Å²) in [5.74, 6) is -0.567. The molecule has 114 valence electrons. The highest BCUT2D eigenvalue weighted by Crippen LogP contribution is 2.27. The van der Waals surface area contributed by atoms with Crippen molar-refractivity contribution in [3.63, 3.8) is 0 Å². The van der Waals surface area contributed by atoms with Crippen molar-refractivity contribution in [2.75, 3.05) is 7.05 Å². The first-order valence-corrected chi connectivity index (χ1v) is 8.60. The fourth-order valence-electron chi connectivity index (χ4n) is 1.59. The van der Waals surface area contributed by atoms with Crippen LogP contribution in [0.15, 0.2) is 33.8 Å². The van der Waals surface area contributed by atoms with Gasteiger partial charge in [0.15, 0.2) is 5.76 Å². The quantitative estimate of drug-likeness (QED) is 0.868. The molecule has 2 aromatic heterocycles. The van der Waals surface area contributed by atoms with Crippen LogP contribution >= 0.6 is 22.9 Å². The van der Waals surface area contributed by atoms with E-state index in [1.165, 1.54) is 30.5 Å². The number of amides is 1. The van der Waals surface area contributed by atoms with Crippen LogP contribution in [0.1, 0.15) is 28.4 Å². The summed E-state index contributed by atoms with van der Waals surface area (Å²) in [7, 11) is -2.44. The first kappa shape index (κ1) is 16.0. The summed E-state index contributed by atoms with van der Waals surface area (Å²) in [5, 5.41) is 2.41. The highest BCUT2D eigenvalue weighted by molar-refractivity contribution is 7.89. The highest BCUT2D eigenvalue weighted by Gasteiger charge is 2.21. The van der Waals surface area contributed by atoms with Gasteiger partial charge in [0, 0.05) is 4.88 Å². The van der Waals surface area contributed by atoms with E-state index in [9.17, 15) is 13.2 Å². The number of hydrogen-bond donors (Lipinski definition) is 2. The zero-order valence-corrected chi connectivity index (χ0v) is 13.6. The van der Waals surface area contributed by atoms with E-state index >= 15 is 0 Å². The number of furan rings is 1. The fraction of sp³-hybridized carbons (Fsp3) is 0.250. The molecule has 0 spiro atoms. The van der Waals surface area contributed by atoms with E-state index in [2.05, 4.69) is 10.0 Å². The first-order valence-electron chi connectivity index (χ1n) is 5.93. The van der Waals surface area contributed by atoms with E-state index in [-0.39, 0.29) is 16.9 Å². The molecule has 0 fully saturated rings. The molecule has 2 aromatic rings. The Morgan fingerprint density at radius 2 is 2.05 bits per heavy atom. The van der Waals surface area contributed by atoms with Crippen LogP contribution < -0.4 is 10.0 Å². The van der Waals surface area contributed by atoms with Crippen molar-refractivity contribution in [2.24, 2.45) is 0 Å². The number of thiophene rings is 1. The van der Waals surface area contributed by atoms with Crippen LogP contribution in [0, 0.1) is 0 Å². The molecule has 6 nitrogen and oxygen atoms in total. The van der Waals surface area contributed by atoms with Crippen LogP contribution in [0.2, 0.25) is 4.34 Å². The Labute approximate surface area is 131 Å². The maximum absolute atomic E-state index is 12.0. The second-order valence-electron chi connectivity index (χ2n) is 4.16. The molecule has 0 unspecified atom stereocenters. The lowest BCUT2D eigenvalue weighted by Gasteiger charge is -2.10. The lowest BCUT2D eigenvalue weighted by Crippen LogP contribution is -2.25. The van der Waals surface area contributed by atoms with E-state index in [1.54, 1.807) is 13.0 Å². The van der Waals surface area contributed by atoms with E-state index in [0.717, 1.165) is 4.88 Å². The van der Waals surface area contributed by atoms with E-state index in [1.807, 2.05) is 6.07 Å². The molecule has 1 amide bonds. The summed E-state index contributed by atoms with van der Waals surface area (Å²) >= 11 is 7.20. The molecule has 0 aliphatic heterocycles. The van der Waals surface area contributed by atoms with Crippen LogP contribution in [-0.4, -0.2) is 21.4 Å². The minimum absolute atomic E-state index is 0.0710. The van der Waals surface area contributed by atoms with Gasteiger partial charge in [-0.2, -0.15) is 0 Å². The Kier molecular flexibility index (Phi) is 4.72. The predicted molar refractivity (Wildman–Crippen MR) is 80.2 cm³/mol. The summed E-state index contributed by atoms with van der Waals surface area (Å²) in [4.78, 5) is 12.9. The molecule has 2 N–H and O–H groups in total. The largest absolute Gasteiger partial charge is 0.438 e. The van der Waals surface area contributed by atoms with Gasteiger partial charge in [-0.25, -0.2) is 13.1 Å². The van der Waals surface area contributed by atoms with Gasteiger partial charge in [-0.05, 0) is 38.2 Å². The molecule has 0 aliphatic rings. The zero-order chi connectivity index (χ0) is 15.6. The first-order chi connectivity index (χ1) is 9.83. The van der Waals surface area contributed by atoms with Crippen LogP contribution in [0.5, 0.6) is 0 Å². The van der Waals surface area contributed by atoms with Gasteiger partial charge in [-0.1, -0.05) is 11.6 Å². The average Bonchev–Trinajstić information content (AvgIpc) is 3.07. The Balaban J connectivity index is 2.11. The summed E-state index contributed by atoms with van der Waals surface area (Å²) in [5.41, 5.74) is 0. The van der Waals surface area contributed by atoms with E-state index in [0.29, 0.717) is 4.34 Å². The number of carbonyl (C=O) groups is 1. The van der Waals surface area contributed by atoms with Crippen molar-refractivity contribution in [1.82, 2.24) is 10.0 Å². The molecule has 2 rings (SSSR count). The standard InChI is InChI=1S/C12H13ClN2O4S2/c1-7(9-4-5-10(13)20-9)15-12(16)8-3-6-11(19-8)21(17,18)14-2/h3-7,14H,1-2H3,(H,15,16)/t7-/m1/s1. The van der Waals surface area contributed by atoms with Gasteiger partial charge in [0.2, 0.25) is 5.09 Å². The second kappa shape index (κ2) is 6.18.